The van der Waals surface area contributed by atoms with Crippen LogP contribution in [0.4, 0.5) is 5.69 Å². The van der Waals surface area contributed by atoms with Crippen LogP contribution in [0.15, 0.2) is 23.0 Å². The molecule has 3 N–H and O–H groups in total. The molecular formula is C24H29N7O3. The van der Waals surface area contributed by atoms with Gasteiger partial charge in [-0.3, -0.25) is 19.7 Å². The van der Waals surface area contributed by atoms with E-state index < -0.39 is 11.4 Å². The molecule has 3 aromatic rings. The lowest BCUT2D eigenvalue weighted by Crippen LogP contribution is -2.60. The van der Waals surface area contributed by atoms with Gasteiger partial charge in [-0.2, -0.15) is 5.10 Å². The van der Waals surface area contributed by atoms with Crippen molar-refractivity contribution < 1.29 is 14.2 Å². The monoisotopic (exact) mass is 463 g/mol. The molecule has 0 spiro atoms. The molecule has 2 saturated carbocycles. The van der Waals surface area contributed by atoms with Gasteiger partial charge in [0.25, 0.3) is 5.91 Å². The van der Waals surface area contributed by atoms with Crippen LogP contribution in [0.1, 0.15) is 60.2 Å². The zero-order valence-corrected chi connectivity index (χ0v) is 19.8. The van der Waals surface area contributed by atoms with Crippen molar-refractivity contribution in [2.75, 3.05) is 5.32 Å². The number of carbonyl (C=O) groups excluding carboxylic acids is 2. The Morgan fingerprint density at radius 3 is 2.29 bits per heavy atom. The summed E-state index contributed by atoms with van der Waals surface area (Å²) in [5.74, 6) is 0.186. The summed E-state index contributed by atoms with van der Waals surface area (Å²) in [6.45, 7) is 7.35. The van der Waals surface area contributed by atoms with Crippen LogP contribution in [0.25, 0.3) is 11.3 Å². The first kappa shape index (κ1) is 22.2. The Kier molecular flexibility index (Phi) is 5.45. The minimum absolute atomic E-state index is 0.0556. The lowest BCUT2D eigenvalue weighted by atomic mass is 9.77. The topological polar surface area (TPSA) is 139 Å². The van der Waals surface area contributed by atoms with Crippen molar-refractivity contribution in [1.29, 1.82) is 0 Å². The van der Waals surface area contributed by atoms with E-state index in [0.717, 1.165) is 48.3 Å². The van der Waals surface area contributed by atoms with E-state index in [0.29, 0.717) is 23.2 Å². The number of hydrogen-bond acceptors (Lipinski definition) is 7. The molecule has 10 nitrogen and oxygen atoms in total. The highest BCUT2D eigenvalue weighted by Gasteiger charge is 2.55. The fourth-order valence-corrected chi connectivity index (χ4v) is 5.07. The van der Waals surface area contributed by atoms with Crippen LogP contribution in [0.3, 0.4) is 0 Å². The number of nitrogens with zero attached hydrogens (tertiary/aromatic N) is 4. The smallest absolute Gasteiger partial charge is 0.276 e. The quantitative estimate of drug-likeness (QED) is 0.465. The van der Waals surface area contributed by atoms with Crippen molar-refractivity contribution in [1.82, 2.24) is 30.8 Å². The van der Waals surface area contributed by atoms with Gasteiger partial charge in [0.2, 0.25) is 5.91 Å². The zero-order valence-electron chi connectivity index (χ0n) is 19.8. The van der Waals surface area contributed by atoms with Crippen LogP contribution < -0.4 is 10.6 Å². The summed E-state index contributed by atoms with van der Waals surface area (Å²) in [5.41, 5.74) is 3.48. The van der Waals surface area contributed by atoms with E-state index in [1.165, 1.54) is 0 Å². The molecule has 1 atom stereocenters. The average Bonchev–Trinajstić information content (AvgIpc) is 3.73. The Balaban J connectivity index is 1.40. The lowest BCUT2D eigenvalue weighted by Gasteiger charge is -2.37. The van der Waals surface area contributed by atoms with Gasteiger partial charge < -0.3 is 10.6 Å². The number of aromatic amines is 1. The SMILES string of the molecule is Cc1nonc1C(=O)NC(C)(C(=O)Nc1ccc(-c2c(C)n[nH]c2C)nc1)C(C1CC1)C1CC1. The van der Waals surface area contributed by atoms with Gasteiger partial charge in [-0.1, -0.05) is 5.16 Å². The number of anilines is 1. The molecule has 3 aromatic heterocycles. The molecule has 5 rings (SSSR count). The molecule has 2 fully saturated rings. The van der Waals surface area contributed by atoms with Crippen molar-refractivity contribution in [2.24, 2.45) is 17.8 Å². The number of nitrogens with one attached hydrogen (secondary N) is 3. The second-order valence-electron chi connectivity index (χ2n) is 9.75. The van der Waals surface area contributed by atoms with Crippen LogP contribution in [0.5, 0.6) is 0 Å². The minimum Gasteiger partial charge on any atom is -0.336 e. The molecule has 0 bridgehead atoms. The van der Waals surface area contributed by atoms with E-state index in [-0.39, 0.29) is 17.5 Å². The van der Waals surface area contributed by atoms with Crippen LogP contribution in [0, 0.1) is 38.5 Å². The molecule has 2 aliphatic carbocycles. The molecule has 3 heterocycles. The largest absolute Gasteiger partial charge is 0.336 e. The highest BCUT2D eigenvalue weighted by Crippen LogP contribution is 2.53. The number of hydrogen-bond donors (Lipinski definition) is 3. The number of carbonyl (C=O) groups is 2. The van der Waals surface area contributed by atoms with Gasteiger partial charge in [-0.25, -0.2) is 4.63 Å². The van der Waals surface area contributed by atoms with E-state index in [4.69, 9.17) is 4.63 Å². The standard InChI is InChI=1S/C24H29N7O3/c1-12-19(13(2)29-28-12)18-10-9-17(11-25-18)26-23(33)24(4,20(15-5-6-15)16-7-8-16)27-22(32)21-14(3)30-34-31-21/h9-11,15-16,20H,5-8H2,1-4H3,(H,26,33)(H,27,32)(H,28,29). The van der Waals surface area contributed by atoms with Gasteiger partial charge in [0.15, 0.2) is 5.69 Å². The average molecular weight is 464 g/mol. The molecular weight excluding hydrogens is 434 g/mol. The molecule has 2 amide bonds. The van der Waals surface area contributed by atoms with Gasteiger partial charge >= 0.3 is 0 Å². The summed E-state index contributed by atoms with van der Waals surface area (Å²) in [6.07, 6.45) is 5.93. The summed E-state index contributed by atoms with van der Waals surface area (Å²) in [4.78, 5) is 31.3. The van der Waals surface area contributed by atoms with Gasteiger partial charge in [0.1, 0.15) is 11.2 Å². The molecule has 0 aromatic carbocycles. The van der Waals surface area contributed by atoms with E-state index in [9.17, 15) is 9.59 Å². The first-order valence-electron chi connectivity index (χ1n) is 11.7. The highest BCUT2D eigenvalue weighted by atomic mass is 16.6. The fraction of sp³-hybridized carbons (Fsp3) is 0.500. The predicted molar refractivity (Wildman–Crippen MR) is 124 cm³/mol. The first-order valence-corrected chi connectivity index (χ1v) is 11.7. The summed E-state index contributed by atoms with van der Waals surface area (Å²) in [5, 5.41) is 20.6. The molecule has 0 radical (unpaired) electrons. The summed E-state index contributed by atoms with van der Waals surface area (Å²) in [6, 6.07) is 3.68. The van der Waals surface area contributed by atoms with Gasteiger partial charge in [0, 0.05) is 11.3 Å². The number of aromatic nitrogens is 5. The van der Waals surface area contributed by atoms with Crippen molar-refractivity contribution in [3.05, 3.63) is 41.1 Å². The van der Waals surface area contributed by atoms with E-state index in [1.807, 2.05) is 32.9 Å². The Morgan fingerprint density at radius 1 is 1.09 bits per heavy atom. The zero-order chi connectivity index (χ0) is 24.0. The summed E-state index contributed by atoms with van der Waals surface area (Å²) in [7, 11) is 0. The van der Waals surface area contributed by atoms with Crippen molar-refractivity contribution in [2.45, 2.75) is 58.9 Å². The Labute approximate surface area is 197 Å². The number of aryl methyl sites for hydroxylation is 3. The highest BCUT2D eigenvalue weighted by molar-refractivity contribution is 6.03. The van der Waals surface area contributed by atoms with E-state index >= 15 is 0 Å². The number of amides is 2. The van der Waals surface area contributed by atoms with Gasteiger partial charge in [-0.05, 0) is 88.4 Å². The molecule has 34 heavy (non-hydrogen) atoms. The summed E-state index contributed by atoms with van der Waals surface area (Å²) >= 11 is 0. The molecule has 178 valence electrons. The lowest BCUT2D eigenvalue weighted by molar-refractivity contribution is -0.124. The maximum Gasteiger partial charge on any atom is 0.276 e. The molecule has 1 unspecified atom stereocenters. The number of rotatable bonds is 8. The van der Waals surface area contributed by atoms with Gasteiger partial charge in [0.05, 0.1) is 23.3 Å². The third-order valence-corrected chi connectivity index (χ3v) is 7.04. The Hall–Kier alpha value is -3.56. The molecule has 0 aliphatic heterocycles. The Morgan fingerprint density at radius 2 is 1.79 bits per heavy atom. The maximum absolute atomic E-state index is 13.7. The van der Waals surface area contributed by atoms with Crippen molar-refractivity contribution in [3.63, 3.8) is 0 Å². The third-order valence-electron chi connectivity index (χ3n) is 7.04. The predicted octanol–water partition coefficient (Wildman–Crippen LogP) is 3.34. The summed E-state index contributed by atoms with van der Waals surface area (Å²) < 4.78 is 4.70. The van der Waals surface area contributed by atoms with E-state index in [2.05, 4.69) is 36.1 Å². The molecule has 0 saturated heterocycles. The van der Waals surface area contributed by atoms with E-state index in [1.54, 1.807) is 13.1 Å². The third kappa shape index (κ3) is 4.08. The number of H-pyrrole nitrogens is 1. The second-order valence-corrected chi connectivity index (χ2v) is 9.75. The molecule has 2 aliphatic rings. The molecule has 10 heteroatoms. The van der Waals surface area contributed by atoms with Crippen molar-refractivity contribution in [3.8, 4) is 11.3 Å². The van der Waals surface area contributed by atoms with Crippen molar-refractivity contribution >= 4 is 17.5 Å². The number of pyridine rings is 1. The maximum atomic E-state index is 13.7. The fourth-order valence-electron chi connectivity index (χ4n) is 5.07. The van der Waals surface area contributed by atoms with Crippen LogP contribution in [0.2, 0.25) is 0 Å². The minimum atomic E-state index is -1.11. The normalized spacial score (nSPS) is 17.4. The van der Waals surface area contributed by atoms with Crippen LogP contribution in [-0.2, 0) is 4.79 Å². The second kappa shape index (κ2) is 8.34. The van der Waals surface area contributed by atoms with Crippen LogP contribution in [-0.4, -0.2) is 42.8 Å². The van der Waals surface area contributed by atoms with Crippen LogP contribution >= 0.6 is 0 Å². The Bertz CT molecular complexity index is 1190. The van der Waals surface area contributed by atoms with Gasteiger partial charge in [-0.15, -0.1) is 0 Å². The first-order chi connectivity index (χ1) is 16.3.